The molecule has 7 heteroatoms. The Balaban J connectivity index is 1.31. The Hall–Kier alpha value is -2.67. The molecule has 1 aromatic heterocycles. The number of hydrogen-bond acceptors (Lipinski definition) is 5. The summed E-state index contributed by atoms with van der Waals surface area (Å²) in [6.07, 6.45) is 9.48. The van der Waals surface area contributed by atoms with Crippen molar-refractivity contribution in [3.8, 4) is 0 Å². The van der Waals surface area contributed by atoms with Crippen LogP contribution in [0.3, 0.4) is 0 Å². The summed E-state index contributed by atoms with van der Waals surface area (Å²) in [6, 6.07) is 11.9. The second kappa shape index (κ2) is 9.29. The van der Waals surface area contributed by atoms with Gasteiger partial charge in [0.15, 0.2) is 18.5 Å². The highest BCUT2D eigenvalue weighted by atomic mass is 16.5. The summed E-state index contributed by atoms with van der Waals surface area (Å²) in [4.78, 5) is 26.5. The van der Waals surface area contributed by atoms with Gasteiger partial charge in [-0.3, -0.25) is 9.59 Å². The van der Waals surface area contributed by atoms with Crippen molar-refractivity contribution in [3.05, 3.63) is 48.2 Å². The summed E-state index contributed by atoms with van der Waals surface area (Å²) in [5.74, 6) is 0.704. The van der Waals surface area contributed by atoms with Crippen molar-refractivity contribution in [2.45, 2.75) is 62.9 Å². The van der Waals surface area contributed by atoms with E-state index < -0.39 is 5.41 Å². The van der Waals surface area contributed by atoms with Gasteiger partial charge in [-0.05, 0) is 18.4 Å². The number of carbonyl (C=O) groups excluding carboxylic acids is 2. The zero-order valence-corrected chi connectivity index (χ0v) is 19.2. The van der Waals surface area contributed by atoms with E-state index >= 15 is 0 Å². The first-order chi connectivity index (χ1) is 16.1. The van der Waals surface area contributed by atoms with Gasteiger partial charge in [0.05, 0.1) is 18.5 Å². The Bertz CT molecular complexity index is 943. The fraction of sp³-hybridized carbons (Fsp3) is 0.577. The summed E-state index contributed by atoms with van der Waals surface area (Å²) in [5, 5.41) is 6.59. The van der Waals surface area contributed by atoms with E-state index in [1.807, 2.05) is 18.2 Å². The van der Waals surface area contributed by atoms with Gasteiger partial charge < -0.3 is 19.1 Å². The predicted octanol–water partition coefficient (Wildman–Crippen LogP) is 4.06. The zero-order valence-electron chi connectivity index (χ0n) is 19.2. The number of ether oxygens (including phenoxy) is 1. The maximum Gasteiger partial charge on any atom is 0.317 e. The summed E-state index contributed by atoms with van der Waals surface area (Å²) in [7, 11) is 0. The lowest BCUT2D eigenvalue weighted by atomic mass is 9.74. The highest BCUT2D eigenvalue weighted by molar-refractivity contribution is 5.90. The lowest BCUT2D eigenvalue weighted by Crippen LogP contribution is -2.66. The first kappa shape index (κ1) is 22.1. The lowest BCUT2D eigenvalue weighted by Gasteiger charge is -2.52. The Morgan fingerprint density at radius 2 is 1.79 bits per heavy atom. The first-order valence-electron chi connectivity index (χ1n) is 12.4. The van der Waals surface area contributed by atoms with Gasteiger partial charge in [0, 0.05) is 24.8 Å². The molecule has 4 aliphatic rings. The smallest absolute Gasteiger partial charge is 0.317 e. The van der Waals surface area contributed by atoms with Gasteiger partial charge in [-0.15, -0.1) is 0 Å². The van der Waals surface area contributed by atoms with Crippen molar-refractivity contribution in [2.24, 2.45) is 5.92 Å². The number of hydrogen-bond donors (Lipinski definition) is 1. The number of anilines is 1. The largest absolute Gasteiger partial charge is 0.455 e. The molecule has 176 valence electrons. The van der Waals surface area contributed by atoms with Crippen LogP contribution in [0.1, 0.15) is 56.9 Å². The molecule has 6 rings (SSSR count). The zero-order chi connectivity index (χ0) is 22.7. The number of esters is 1. The van der Waals surface area contributed by atoms with Crippen LogP contribution in [0.5, 0.6) is 0 Å². The SMILES string of the molecule is O=C(C[N+]12CCC(CC1)C(OC(=O)C1(c3ccccc3)CCCCCC1)C2)Nc1ccon1. The number of rotatable bonds is 6. The van der Waals surface area contributed by atoms with E-state index in [0.717, 1.165) is 57.2 Å². The highest BCUT2D eigenvalue weighted by Crippen LogP contribution is 2.42. The van der Waals surface area contributed by atoms with E-state index in [-0.39, 0.29) is 18.0 Å². The van der Waals surface area contributed by atoms with E-state index in [1.165, 1.54) is 19.1 Å². The molecule has 0 spiro atoms. The number of nitrogens with one attached hydrogen (secondary N) is 1. The standard InChI is InChI=1S/C26H33N3O4/c30-24(27-23-12-17-32-28-23)19-29-15-10-20(11-16-29)22(18-29)33-25(31)26(13-6-1-2-7-14-26)21-8-4-3-5-9-21/h3-5,8-9,12,17,20,22H,1-2,6-7,10-11,13-16,18-19H2/p+1. The molecule has 1 N–H and O–H groups in total. The third-order valence-electron chi connectivity index (χ3n) is 8.16. The Kier molecular flexibility index (Phi) is 6.23. The normalized spacial score (nSPS) is 28.6. The van der Waals surface area contributed by atoms with E-state index in [9.17, 15) is 9.59 Å². The molecular formula is C26H34N3O4+. The van der Waals surface area contributed by atoms with Crippen LogP contribution in [0.25, 0.3) is 0 Å². The number of quaternary nitrogens is 1. The van der Waals surface area contributed by atoms with Crippen LogP contribution in [-0.2, 0) is 19.7 Å². The van der Waals surface area contributed by atoms with Crippen LogP contribution in [0.2, 0.25) is 0 Å². The third kappa shape index (κ3) is 4.56. The fourth-order valence-electron chi connectivity index (χ4n) is 6.29. The molecule has 1 atom stereocenters. The molecule has 33 heavy (non-hydrogen) atoms. The van der Waals surface area contributed by atoms with Crippen molar-refractivity contribution in [1.29, 1.82) is 0 Å². The molecule has 7 nitrogen and oxygen atoms in total. The number of benzene rings is 1. The van der Waals surface area contributed by atoms with Gasteiger partial charge >= 0.3 is 5.97 Å². The number of nitrogens with zero attached hydrogens (tertiary/aromatic N) is 2. The van der Waals surface area contributed by atoms with Gasteiger partial charge in [-0.1, -0.05) is 61.2 Å². The topological polar surface area (TPSA) is 81.4 Å². The molecule has 1 amide bonds. The molecule has 1 saturated carbocycles. The number of piperidine rings is 3. The molecule has 3 saturated heterocycles. The molecule has 2 bridgehead atoms. The lowest BCUT2D eigenvalue weighted by molar-refractivity contribution is -0.939. The molecule has 4 heterocycles. The van der Waals surface area contributed by atoms with Gasteiger partial charge in [0.25, 0.3) is 5.91 Å². The minimum absolute atomic E-state index is 0.0560. The first-order valence-corrected chi connectivity index (χ1v) is 12.4. The van der Waals surface area contributed by atoms with Crippen molar-refractivity contribution in [2.75, 3.05) is 31.5 Å². The number of fused-ring (bicyclic) bond motifs is 3. The average Bonchev–Trinajstić information content (AvgIpc) is 3.20. The summed E-state index contributed by atoms with van der Waals surface area (Å²) >= 11 is 0. The highest BCUT2D eigenvalue weighted by Gasteiger charge is 2.51. The van der Waals surface area contributed by atoms with E-state index in [0.29, 0.717) is 29.3 Å². The second-order valence-electron chi connectivity index (χ2n) is 10.2. The Morgan fingerprint density at radius 3 is 2.45 bits per heavy atom. The van der Waals surface area contributed by atoms with E-state index in [2.05, 4.69) is 22.6 Å². The molecular weight excluding hydrogens is 418 g/mol. The summed E-state index contributed by atoms with van der Waals surface area (Å²) < 4.78 is 11.9. The molecule has 0 radical (unpaired) electrons. The Morgan fingerprint density at radius 1 is 1.06 bits per heavy atom. The van der Waals surface area contributed by atoms with Crippen LogP contribution < -0.4 is 5.32 Å². The van der Waals surface area contributed by atoms with Crippen LogP contribution in [0.4, 0.5) is 5.82 Å². The van der Waals surface area contributed by atoms with Crippen molar-refractivity contribution in [3.63, 3.8) is 0 Å². The second-order valence-corrected chi connectivity index (χ2v) is 10.2. The third-order valence-corrected chi connectivity index (χ3v) is 8.16. The molecule has 4 fully saturated rings. The van der Waals surface area contributed by atoms with Crippen molar-refractivity contribution in [1.82, 2.24) is 5.16 Å². The number of carbonyl (C=O) groups is 2. The van der Waals surface area contributed by atoms with E-state index in [1.54, 1.807) is 6.07 Å². The quantitative estimate of drug-likeness (QED) is 0.406. The number of amides is 1. The molecule has 2 aromatic rings. The van der Waals surface area contributed by atoms with Gasteiger partial charge in [0.2, 0.25) is 0 Å². The molecule has 1 aromatic carbocycles. The van der Waals surface area contributed by atoms with Crippen LogP contribution in [-0.4, -0.2) is 53.8 Å². The predicted molar refractivity (Wildman–Crippen MR) is 123 cm³/mol. The maximum atomic E-state index is 13.8. The molecule has 3 aliphatic heterocycles. The fourth-order valence-corrected chi connectivity index (χ4v) is 6.29. The summed E-state index contributed by atoms with van der Waals surface area (Å²) in [6.45, 7) is 2.99. The maximum absolute atomic E-state index is 13.8. The monoisotopic (exact) mass is 452 g/mol. The minimum atomic E-state index is -0.543. The van der Waals surface area contributed by atoms with Gasteiger partial charge in [0.1, 0.15) is 12.8 Å². The van der Waals surface area contributed by atoms with Gasteiger partial charge in [-0.25, -0.2) is 0 Å². The molecule has 1 aliphatic carbocycles. The minimum Gasteiger partial charge on any atom is -0.455 e. The Labute approximate surface area is 195 Å². The van der Waals surface area contributed by atoms with Crippen LogP contribution >= 0.6 is 0 Å². The van der Waals surface area contributed by atoms with E-state index in [4.69, 9.17) is 9.26 Å². The van der Waals surface area contributed by atoms with Crippen LogP contribution in [0, 0.1) is 5.92 Å². The average molecular weight is 453 g/mol. The van der Waals surface area contributed by atoms with Gasteiger partial charge in [-0.2, -0.15) is 0 Å². The summed E-state index contributed by atoms with van der Waals surface area (Å²) in [5.41, 5.74) is 0.549. The van der Waals surface area contributed by atoms with Crippen molar-refractivity contribution >= 4 is 17.7 Å². The van der Waals surface area contributed by atoms with Crippen LogP contribution in [0.15, 0.2) is 47.2 Å². The number of aromatic nitrogens is 1. The molecule has 1 unspecified atom stereocenters. The van der Waals surface area contributed by atoms with Crippen molar-refractivity contribution < 1.29 is 23.3 Å².